The van der Waals surface area contributed by atoms with E-state index in [1.807, 2.05) is 32.0 Å². The van der Waals surface area contributed by atoms with Crippen molar-refractivity contribution in [3.63, 3.8) is 0 Å². The first kappa shape index (κ1) is 32.5. The number of hydrogen-bond donors (Lipinski definition) is 3. The molecular formula is C32H36N4O7S. The molecule has 0 spiro atoms. The fourth-order valence-corrected chi connectivity index (χ4v) is 6.63. The largest absolute Gasteiger partial charge is 0.390 e. The number of amides is 4. The Morgan fingerprint density at radius 3 is 1.98 bits per heavy atom. The summed E-state index contributed by atoms with van der Waals surface area (Å²) in [6, 6.07) is 20.1. The lowest BCUT2D eigenvalue weighted by atomic mass is 10.0. The maximum absolute atomic E-state index is 13.7. The summed E-state index contributed by atoms with van der Waals surface area (Å²) in [6.07, 6.45) is -1.19. The fraction of sp³-hybridized carbons (Fsp3) is 0.312. The Morgan fingerprint density at radius 1 is 0.864 bits per heavy atom. The van der Waals surface area contributed by atoms with Crippen molar-refractivity contribution in [1.82, 2.24) is 14.5 Å². The average molecular weight is 621 g/mol. The van der Waals surface area contributed by atoms with Crippen molar-refractivity contribution in [3.05, 3.63) is 95.6 Å². The zero-order chi connectivity index (χ0) is 32.0. The minimum atomic E-state index is -4.08. The third-order valence-electron chi connectivity index (χ3n) is 7.06. The maximum Gasteiger partial charge on any atom is 0.262 e. The van der Waals surface area contributed by atoms with Crippen LogP contribution in [0.25, 0.3) is 0 Å². The van der Waals surface area contributed by atoms with Crippen LogP contribution in [0.1, 0.15) is 47.1 Å². The van der Waals surface area contributed by atoms with Crippen molar-refractivity contribution >= 4 is 39.3 Å². The second kappa shape index (κ2) is 13.9. The van der Waals surface area contributed by atoms with Crippen molar-refractivity contribution in [2.45, 2.75) is 44.2 Å². The fourth-order valence-electron chi connectivity index (χ4n) is 5.01. The molecule has 4 rings (SSSR count). The molecule has 44 heavy (non-hydrogen) atoms. The second-order valence-electron chi connectivity index (χ2n) is 11.1. The Morgan fingerprint density at radius 2 is 1.43 bits per heavy atom. The van der Waals surface area contributed by atoms with Gasteiger partial charge < -0.3 is 15.7 Å². The minimum Gasteiger partial charge on any atom is -0.390 e. The molecule has 0 aromatic heterocycles. The lowest BCUT2D eigenvalue weighted by molar-refractivity contribution is -0.123. The molecular weight excluding hydrogens is 584 g/mol. The minimum absolute atomic E-state index is 0.0197. The van der Waals surface area contributed by atoms with Gasteiger partial charge >= 0.3 is 0 Å². The number of rotatable bonds is 13. The summed E-state index contributed by atoms with van der Waals surface area (Å²) in [5, 5.41) is 16.8. The smallest absolute Gasteiger partial charge is 0.262 e. The van der Waals surface area contributed by atoms with Gasteiger partial charge in [-0.2, -0.15) is 4.31 Å². The van der Waals surface area contributed by atoms with Crippen molar-refractivity contribution in [3.8, 4) is 0 Å². The average Bonchev–Trinajstić information content (AvgIpc) is 3.21. The molecule has 3 N–H and O–H groups in total. The summed E-state index contributed by atoms with van der Waals surface area (Å²) >= 11 is 0. The van der Waals surface area contributed by atoms with Gasteiger partial charge in [-0.15, -0.1) is 0 Å². The summed E-state index contributed by atoms with van der Waals surface area (Å²) < 4.78 is 28.6. The monoisotopic (exact) mass is 620 g/mol. The Bertz CT molecular complexity index is 1590. The number of benzene rings is 3. The maximum atomic E-state index is 13.7. The van der Waals surface area contributed by atoms with Crippen molar-refractivity contribution in [1.29, 1.82) is 0 Å². The van der Waals surface area contributed by atoms with E-state index in [0.717, 1.165) is 10.5 Å². The highest BCUT2D eigenvalue weighted by molar-refractivity contribution is 7.89. The lowest BCUT2D eigenvalue weighted by Crippen LogP contribution is -2.53. The molecule has 0 saturated carbocycles. The van der Waals surface area contributed by atoms with Gasteiger partial charge in [-0.05, 0) is 54.3 Å². The molecule has 232 valence electrons. The standard InChI is InChI=1S/C32H36N4O7S/c1-21(2)18-35(44(42,43)25-15-13-24(14-16-25)33-22(3)37)19-29(38)28(17-23-9-5-4-6-10-23)34-30(39)20-36-31(40)26-11-7-8-12-27(26)32(36)41/h4-16,21,28-29,38H,17-20H2,1-3H3,(H,33,37)(H,34,39)/t28-,29+/m0/s1. The third-order valence-corrected chi connectivity index (χ3v) is 8.91. The molecule has 1 aliphatic rings. The molecule has 3 aromatic rings. The van der Waals surface area contributed by atoms with E-state index in [9.17, 15) is 32.7 Å². The number of hydrogen-bond acceptors (Lipinski definition) is 7. The molecule has 4 amide bonds. The number of aliphatic hydroxyl groups excluding tert-OH is 1. The number of carbonyl (C=O) groups excluding carboxylic acids is 4. The molecule has 0 aliphatic carbocycles. The summed E-state index contributed by atoms with van der Waals surface area (Å²) in [7, 11) is -4.08. The zero-order valence-corrected chi connectivity index (χ0v) is 25.6. The quantitative estimate of drug-likeness (QED) is 0.248. The van der Waals surface area contributed by atoms with Crippen molar-refractivity contribution < 1.29 is 32.7 Å². The highest BCUT2D eigenvalue weighted by atomic mass is 32.2. The van der Waals surface area contributed by atoms with Gasteiger partial charge in [-0.25, -0.2) is 8.42 Å². The van der Waals surface area contributed by atoms with Gasteiger partial charge in [0.2, 0.25) is 21.8 Å². The Kier molecular flexibility index (Phi) is 10.3. The van der Waals surface area contributed by atoms with E-state index < -0.39 is 46.4 Å². The highest BCUT2D eigenvalue weighted by Gasteiger charge is 2.37. The highest BCUT2D eigenvalue weighted by Crippen LogP contribution is 2.23. The van der Waals surface area contributed by atoms with E-state index >= 15 is 0 Å². The molecule has 2 atom stereocenters. The van der Waals surface area contributed by atoms with Gasteiger partial charge in [-0.3, -0.25) is 24.1 Å². The van der Waals surface area contributed by atoms with Crippen LogP contribution < -0.4 is 10.6 Å². The van der Waals surface area contributed by atoms with Gasteiger partial charge in [0.15, 0.2) is 0 Å². The number of aliphatic hydroxyl groups is 1. The molecule has 0 radical (unpaired) electrons. The van der Waals surface area contributed by atoms with Crippen LogP contribution in [0.2, 0.25) is 0 Å². The van der Waals surface area contributed by atoms with Crippen LogP contribution in [0.4, 0.5) is 5.69 Å². The molecule has 0 fully saturated rings. The van der Waals surface area contributed by atoms with Gasteiger partial charge in [-0.1, -0.05) is 56.3 Å². The van der Waals surface area contributed by atoms with Crippen LogP contribution in [0.5, 0.6) is 0 Å². The lowest BCUT2D eigenvalue weighted by Gasteiger charge is -2.31. The van der Waals surface area contributed by atoms with E-state index in [2.05, 4.69) is 10.6 Å². The number of carbonyl (C=O) groups is 4. The Labute approximate surface area is 256 Å². The number of sulfonamides is 1. The van der Waals surface area contributed by atoms with Gasteiger partial charge in [0.25, 0.3) is 11.8 Å². The van der Waals surface area contributed by atoms with Crippen LogP contribution >= 0.6 is 0 Å². The predicted molar refractivity (Wildman–Crippen MR) is 164 cm³/mol. The van der Waals surface area contributed by atoms with Crippen LogP contribution in [0, 0.1) is 5.92 Å². The van der Waals surface area contributed by atoms with E-state index in [0.29, 0.717) is 5.69 Å². The van der Waals surface area contributed by atoms with Crippen molar-refractivity contribution in [2.75, 3.05) is 25.0 Å². The number of fused-ring (bicyclic) bond motifs is 1. The normalized spacial score (nSPS) is 14.5. The topological polar surface area (TPSA) is 153 Å². The van der Waals surface area contributed by atoms with Crippen LogP contribution in [-0.4, -0.2) is 78.1 Å². The Hall–Kier alpha value is -4.39. The molecule has 1 heterocycles. The van der Waals surface area contributed by atoms with E-state index in [1.54, 1.807) is 24.3 Å². The first-order valence-electron chi connectivity index (χ1n) is 14.2. The summed E-state index contributed by atoms with van der Waals surface area (Å²) in [6.45, 7) is 4.24. The van der Waals surface area contributed by atoms with Crippen LogP contribution in [0.15, 0.2) is 83.8 Å². The molecule has 0 unspecified atom stereocenters. The number of nitrogens with zero attached hydrogens (tertiary/aromatic N) is 2. The number of imide groups is 1. The van der Waals surface area contributed by atoms with Crippen molar-refractivity contribution in [2.24, 2.45) is 5.92 Å². The molecule has 0 bridgehead atoms. The molecule has 1 aliphatic heterocycles. The van der Waals surface area contributed by atoms with Gasteiger partial charge in [0, 0.05) is 25.7 Å². The summed E-state index contributed by atoms with van der Waals surface area (Å²) in [4.78, 5) is 51.0. The van der Waals surface area contributed by atoms with Crippen LogP contribution in [0.3, 0.4) is 0 Å². The SMILES string of the molecule is CC(=O)Nc1ccc(S(=O)(=O)N(CC(C)C)C[C@@H](O)[C@H](Cc2ccccc2)NC(=O)CN2C(=O)c3ccccc3C2=O)cc1. The van der Waals surface area contributed by atoms with E-state index in [-0.39, 0.29) is 47.4 Å². The van der Waals surface area contributed by atoms with Gasteiger partial charge in [0.1, 0.15) is 6.54 Å². The first-order chi connectivity index (χ1) is 20.9. The molecule has 3 aromatic carbocycles. The Balaban J connectivity index is 1.54. The van der Waals surface area contributed by atoms with E-state index in [4.69, 9.17) is 0 Å². The van der Waals surface area contributed by atoms with Crippen LogP contribution in [-0.2, 0) is 26.0 Å². The third kappa shape index (κ3) is 7.76. The van der Waals surface area contributed by atoms with E-state index in [1.165, 1.54) is 47.6 Å². The van der Waals surface area contributed by atoms with Gasteiger partial charge in [0.05, 0.1) is 28.2 Å². The summed E-state index contributed by atoms with van der Waals surface area (Å²) in [5.74, 6) is -2.23. The predicted octanol–water partition coefficient (Wildman–Crippen LogP) is 2.68. The number of anilines is 1. The molecule has 12 heteroatoms. The first-order valence-corrected chi connectivity index (χ1v) is 15.6. The molecule has 0 saturated heterocycles. The molecule has 11 nitrogen and oxygen atoms in total. The number of nitrogens with one attached hydrogen (secondary N) is 2. The second-order valence-corrected chi connectivity index (χ2v) is 13.0. The zero-order valence-electron chi connectivity index (χ0n) is 24.8. The summed E-state index contributed by atoms with van der Waals surface area (Å²) in [5.41, 5.74) is 1.65.